The molecule has 1 amide bonds. The molecule has 0 spiro atoms. The van der Waals surface area contributed by atoms with E-state index in [0.717, 1.165) is 25.8 Å². The molecular formula is C14H25N3O. The molecule has 0 radical (unpaired) electrons. The third-order valence-electron chi connectivity index (χ3n) is 4.93. The van der Waals surface area contributed by atoms with E-state index in [1.54, 1.807) is 0 Å². The van der Waals surface area contributed by atoms with Crippen molar-refractivity contribution in [3.05, 3.63) is 0 Å². The Labute approximate surface area is 109 Å². The van der Waals surface area contributed by atoms with Crippen molar-refractivity contribution in [2.24, 2.45) is 5.92 Å². The first kappa shape index (κ1) is 12.4. The van der Waals surface area contributed by atoms with E-state index in [9.17, 15) is 4.79 Å². The summed E-state index contributed by atoms with van der Waals surface area (Å²) < 4.78 is 0. The van der Waals surface area contributed by atoms with Crippen molar-refractivity contribution in [1.82, 2.24) is 15.5 Å². The van der Waals surface area contributed by atoms with E-state index in [-0.39, 0.29) is 5.92 Å². The summed E-state index contributed by atoms with van der Waals surface area (Å²) >= 11 is 0. The monoisotopic (exact) mass is 251 g/mol. The molecule has 3 fully saturated rings. The molecule has 4 heteroatoms. The lowest BCUT2D eigenvalue weighted by Crippen LogP contribution is -2.48. The van der Waals surface area contributed by atoms with Crippen LogP contribution in [0.25, 0.3) is 0 Å². The lowest BCUT2D eigenvalue weighted by Gasteiger charge is -2.29. The highest BCUT2D eigenvalue weighted by Gasteiger charge is 2.38. The van der Waals surface area contributed by atoms with Gasteiger partial charge in [0.05, 0.1) is 0 Å². The highest BCUT2D eigenvalue weighted by molar-refractivity contribution is 5.79. The van der Waals surface area contributed by atoms with Gasteiger partial charge < -0.3 is 10.6 Å². The van der Waals surface area contributed by atoms with E-state index < -0.39 is 0 Å². The maximum atomic E-state index is 12.3. The Hall–Kier alpha value is -0.610. The highest BCUT2D eigenvalue weighted by Crippen LogP contribution is 2.28. The molecule has 3 saturated heterocycles. The molecule has 4 unspecified atom stereocenters. The number of nitrogens with zero attached hydrogens (tertiary/aromatic N) is 1. The summed E-state index contributed by atoms with van der Waals surface area (Å²) in [6.45, 7) is 5.58. The third-order valence-corrected chi connectivity index (χ3v) is 4.93. The van der Waals surface area contributed by atoms with Crippen LogP contribution in [-0.4, -0.2) is 48.6 Å². The molecule has 3 rings (SSSR count). The third kappa shape index (κ3) is 2.41. The minimum absolute atomic E-state index is 0.233. The second-order valence-electron chi connectivity index (χ2n) is 6.23. The Morgan fingerprint density at radius 1 is 1.28 bits per heavy atom. The molecule has 4 atom stereocenters. The summed E-state index contributed by atoms with van der Waals surface area (Å²) in [5, 5.41) is 6.74. The number of carbonyl (C=O) groups excluding carboxylic acids is 1. The van der Waals surface area contributed by atoms with Gasteiger partial charge in [-0.1, -0.05) is 0 Å². The maximum Gasteiger partial charge on any atom is 0.223 e. The number of amides is 1. The Morgan fingerprint density at radius 3 is 3.00 bits per heavy atom. The van der Waals surface area contributed by atoms with Gasteiger partial charge in [-0.3, -0.25) is 9.69 Å². The second kappa shape index (κ2) is 5.17. The Bertz CT molecular complexity index is 320. The number of nitrogens with one attached hydrogen (secondary N) is 2. The van der Waals surface area contributed by atoms with Crippen LogP contribution in [0.5, 0.6) is 0 Å². The number of hydrogen-bond acceptors (Lipinski definition) is 3. The standard InChI is InChI=1S/C14H25N3O/c1-10-9-11(4-6-15-10)14(18)16-12-5-8-17-7-2-3-13(12)17/h10-13,15H,2-9H2,1H3,(H,16,18). The van der Waals surface area contributed by atoms with Gasteiger partial charge in [0.2, 0.25) is 5.91 Å². The summed E-state index contributed by atoms with van der Waals surface area (Å²) in [6.07, 6.45) is 5.72. The van der Waals surface area contributed by atoms with E-state index in [4.69, 9.17) is 0 Å². The largest absolute Gasteiger partial charge is 0.352 e. The van der Waals surface area contributed by atoms with Crippen LogP contribution in [0.4, 0.5) is 0 Å². The average molecular weight is 251 g/mol. The lowest BCUT2D eigenvalue weighted by molar-refractivity contribution is -0.126. The predicted molar refractivity (Wildman–Crippen MR) is 71.3 cm³/mol. The van der Waals surface area contributed by atoms with Crippen LogP contribution in [0.3, 0.4) is 0 Å². The molecule has 2 N–H and O–H groups in total. The van der Waals surface area contributed by atoms with Gasteiger partial charge in [-0.15, -0.1) is 0 Å². The van der Waals surface area contributed by atoms with Gasteiger partial charge in [0, 0.05) is 30.6 Å². The second-order valence-corrected chi connectivity index (χ2v) is 6.23. The topological polar surface area (TPSA) is 44.4 Å². The lowest BCUT2D eigenvalue weighted by atomic mass is 9.92. The predicted octanol–water partition coefficient (Wildman–Crippen LogP) is 0.727. The normalized spacial score (nSPS) is 40.7. The zero-order valence-electron chi connectivity index (χ0n) is 11.3. The fourth-order valence-corrected chi connectivity index (χ4v) is 3.92. The summed E-state index contributed by atoms with van der Waals surface area (Å²) in [7, 11) is 0. The van der Waals surface area contributed by atoms with Crippen molar-refractivity contribution in [3.8, 4) is 0 Å². The summed E-state index contributed by atoms with van der Waals surface area (Å²) in [6, 6.07) is 1.54. The van der Waals surface area contributed by atoms with E-state index >= 15 is 0 Å². The summed E-state index contributed by atoms with van der Waals surface area (Å²) in [5.74, 6) is 0.541. The van der Waals surface area contributed by atoms with Crippen molar-refractivity contribution in [1.29, 1.82) is 0 Å². The molecule has 102 valence electrons. The van der Waals surface area contributed by atoms with Crippen LogP contribution >= 0.6 is 0 Å². The Balaban J connectivity index is 1.54. The van der Waals surface area contributed by atoms with Gasteiger partial charge in [-0.05, 0) is 52.1 Å². The van der Waals surface area contributed by atoms with Crippen molar-refractivity contribution >= 4 is 5.91 Å². The highest BCUT2D eigenvalue weighted by atomic mass is 16.2. The zero-order valence-corrected chi connectivity index (χ0v) is 11.3. The van der Waals surface area contributed by atoms with Crippen LogP contribution in [0.15, 0.2) is 0 Å². The number of rotatable bonds is 2. The number of hydrogen-bond donors (Lipinski definition) is 2. The number of piperidine rings is 1. The first-order valence-electron chi connectivity index (χ1n) is 7.52. The maximum absolute atomic E-state index is 12.3. The molecule has 3 aliphatic rings. The molecule has 0 aromatic carbocycles. The van der Waals surface area contributed by atoms with Crippen LogP contribution in [-0.2, 0) is 4.79 Å². The average Bonchev–Trinajstić information content (AvgIpc) is 2.94. The van der Waals surface area contributed by atoms with Gasteiger partial charge in [-0.2, -0.15) is 0 Å². The minimum Gasteiger partial charge on any atom is -0.352 e. The van der Waals surface area contributed by atoms with Crippen molar-refractivity contribution in [2.45, 2.75) is 57.2 Å². The van der Waals surface area contributed by atoms with Crippen LogP contribution in [0.1, 0.15) is 39.0 Å². The summed E-state index contributed by atoms with van der Waals surface area (Å²) in [4.78, 5) is 14.9. The molecule has 0 bridgehead atoms. The zero-order chi connectivity index (χ0) is 12.5. The molecule has 0 aliphatic carbocycles. The van der Waals surface area contributed by atoms with E-state index in [1.807, 2.05) is 0 Å². The molecule has 0 aromatic heterocycles. The van der Waals surface area contributed by atoms with Gasteiger partial charge >= 0.3 is 0 Å². The van der Waals surface area contributed by atoms with Gasteiger partial charge in [-0.25, -0.2) is 0 Å². The molecule has 0 saturated carbocycles. The summed E-state index contributed by atoms with van der Waals surface area (Å²) in [5.41, 5.74) is 0. The van der Waals surface area contributed by atoms with Gasteiger partial charge in [0.1, 0.15) is 0 Å². The first-order chi connectivity index (χ1) is 8.74. The Kier molecular flexibility index (Phi) is 3.57. The van der Waals surface area contributed by atoms with Crippen molar-refractivity contribution in [3.63, 3.8) is 0 Å². The quantitative estimate of drug-likeness (QED) is 0.760. The molecule has 0 aromatic rings. The van der Waals surface area contributed by atoms with E-state index in [0.29, 0.717) is 24.0 Å². The van der Waals surface area contributed by atoms with E-state index in [2.05, 4.69) is 22.5 Å². The van der Waals surface area contributed by atoms with Crippen LogP contribution < -0.4 is 10.6 Å². The number of fused-ring (bicyclic) bond motifs is 1. The SMILES string of the molecule is CC1CC(C(=O)NC2CCN3CCCC23)CCN1. The van der Waals surface area contributed by atoms with Crippen LogP contribution in [0, 0.1) is 5.92 Å². The van der Waals surface area contributed by atoms with Crippen molar-refractivity contribution < 1.29 is 4.79 Å². The van der Waals surface area contributed by atoms with Crippen LogP contribution in [0.2, 0.25) is 0 Å². The smallest absolute Gasteiger partial charge is 0.223 e. The first-order valence-corrected chi connectivity index (χ1v) is 7.52. The fourth-order valence-electron chi connectivity index (χ4n) is 3.92. The van der Waals surface area contributed by atoms with E-state index in [1.165, 1.54) is 25.9 Å². The minimum atomic E-state index is 0.233. The fraction of sp³-hybridized carbons (Fsp3) is 0.929. The van der Waals surface area contributed by atoms with Gasteiger partial charge in [0.25, 0.3) is 0 Å². The molecule has 3 heterocycles. The molecule has 3 aliphatic heterocycles. The Morgan fingerprint density at radius 2 is 2.17 bits per heavy atom. The molecule has 4 nitrogen and oxygen atoms in total. The molecule has 18 heavy (non-hydrogen) atoms. The van der Waals surface area contributed by atoms with Crippen molar-refractivity contribution in [2.75, 3.05) is 19.6 Å². The number of carbonyl (C=O) groups is 1. The molecular weight excluding hydrogens is 226 g/mol. The van der Waals surface area contributed by atoms with Gasteiger partial charge in [0.15, 0.2) is 0 Å².